The third-order valence-electron chi connectivity index (χ3n) is 2.56. The Morgan fingerprint density at radius 3 is 2.60 bits per heavy atom. The second-order valence-corrected chi connectivity index (χ2v) is 4.49. The van der Waals surface area contributed by atoms with Crippen LogP contribution in [-0.2, 0) is 16.0 Å². The maximum atomic E-state index is 11.5. The van der Waals surface area contributed by atoms with Crippen LogP contribution < -0.4 is 10.6 Å². The van der Waals surface area contributed by atoms with Gasteiger partial charge in [-0.1, -0.05) is 29.8 Å². The van der Waals surface area contributed by atoms with E-state index in [1.165, 1.54) is 0 Å². The van der Waals surface area contributed by atoms with E-state index in [1.807, 2.05) is 24.3 Å². The zero-order valence-electron chi connectivity index (χ0n) is 11.4. The molecule has 2 N–H and O–H groups in total. The molecule has 0 aromatic heterocycles. The summed E-state index contributed by atoms with van der Waals surface area (Å²) in [6.07, 6.45) is 0.830. The van der Waals surface area contributed by atoms with Gasteiger partial charge in [0, 0.05) is 18.1 Å². The van der Waals surface area contributed by atoms with Gasteiger partial charge >= 0.3 is 12.0 Å². The van der Waals surface area contributed by atoms with E-state index in [4.69, 9.17) is 16.3 Å². The molecule has 0 heterocycles. The summed E-state index contributed by atoms with van der Waals surface area (Å²) in [7, 11) is 0. The Morgan fingerprint density at radius 2 is 1.90 bits per heavy atom. The second-order valence-electron chi connectivity index (χ2n) is 4.08. The fourth-order valence-corrected chi connectivity index (χ4v) is 1.82. The second kappa shape index (κ2) is 9.20. The molecule has 0 aliphatic heterocycles. The van der Waals surface area contributed by atoms with E-state index in [2.05, 4.69) is 10.6 Å². The van der Waals surface area contributed by atoms with E-state index in [0.717, 1.165) is 5.56 Å². The maximum Gasteiger partial charge on any atom is 0.314 e. The topological polar surface area (TPSA) is 67.4 Å². The lowest BCUT2D eigenvalue weighted by Gasteiger charge is -2.08. The third kappa shape index (κ3) is 6.43. The highest BCUT2D eigenvalue weighted by Gasteiger charge is 2.04. The number of carbonyl (C=O) groups is 2. The molecular formula is C14H19ClN2O3. The lowest BCUT2D eigenvalue weighted by atomic mass is 10.1. The fourth-order valence-electron chi connectivity index (χ4n) is 1.59. The molecule has 0 fully saturated rings. The Balaban J connectivity index is 2.14. The summed E-state index contributed by atoms with van der Waals surface area (Å²) in [5, 5.41) is 5.98. The van der Waals surface area contributed by atoms with Crippen molar-refractivity contribution < 1.29 is 14.3 Å². The summed E-state index contributed by atoms with van der Waals surface area (Å²) in [4.78, 5) is 22.5. The number of ether oxygens (including phenoxy) is 1. The monoisotopic (exact) mass is 298 g/mol. The Labute approximate surface area is 123 Å². The van der Waals surface area contributed by atoms with Gasteiger partial charge in [0.2, 0.25) is 0 Å². The van der Waals surface area contributed by atoms with Crippen LogP contribution in [-0.4, -0.2) is 31.7 Å². The molecule has 1 aromatic carbocycles. The summed E-state index contributed by atoms with van der Waals surface area (Å²) < 4.78 is 4.75. The quantitative estimate of drug-likeness (QED) is 0.758. The van der Waals surface area contributed by atoms with E-state index in [-0.39, 0.29) is 25.0 Å². The van der Waals surface area contributed by atoms with Gasteiger partial charge in [0.15, 0.2) is 0 Å². The number of benzene rings is 1. The van der Waals surface area contributed by atoms with Gasteiger partial charge in [-0.3, -0.25) is 4.79 Å². The summed E-state index contributed by atoms with van der Waals surface area (Å²) in [5.74, 6) is -0.316. The number of esters is 1. The van der Waals surface area contributed by atoms with Crippen LogP contribution in [0.1, 0.15) is 18.9 Å². The molecule has 0 unspecified atom stereocenters. The van der Waals surface area contributed by atoms with Gasteiger partial charge in [-0.25, -0.2) is 4.79 Å². The molecule has 0 saturated heterocycles. The van der Waals surface area contributed by atoms with Crippen LogP contribution >= 0.6 is 11.6 Å². The Bertz CT molecular complexity index is 452. The predicted molar refractivity (Wildman–Crippen MR) is 77.8 cm³/mol. The van der Waals surface area contributed by atoms with Crippen LogP contribution in [0.15, 0.2) is 24.3 Å². The first-order chi connectivity index (χ1) is 9.63. The van der Waals surface area contributed by atoms with Gasteiger partial charge in [0.25, 0.3) is 0 Å². The lowest BCUT2D eigenvalue weighted by Crippen LogP contribution is -2.37. The van der Waals surface area contributed by atoms with Crippen molar-refractivity contribution >= 4 is 23.6 Å². The minimum Gasteiger partial charge on any atom is -0.466 e. The Morgan fingerprint density at radius 1 is 1.20 bits per heavy atom. The summed E-state index contributed by atoms with van der Waals surface area (Å²) in [6, 6.07) is 7.20. The maximum absolute atomic E-state index is 11.5. The van der Waals surface area contributed by atoms with Crippen molar-refractivity contribution in [1.82, 2.24) is 10.6 Å². The number of rotatable bonds is 7. The Hall–Kier alpha value is -1.75. The van der Waals surface area contributed by atoms with E-state index < -0.39 is 0 Å². The normalized spacial score (nSPS) is 9.90. The van der Waals surface area contributed by atoms with Crippen molar-refractivity contribution in [1.29, 1.82) is 0 Å². The van der Waals surface area contributed by atoms with Crippen LogP contribution in [0.3, 0.4) is 0 Å². The molecule has 0 spiro atoms. The van der Waals surface area contributed by atoms with Crippen molar-refractivity contribution in [2.24, 2.45) is 0 Å². The predicted octanol–water partition coefficient (Wildman–Crippen LogP) is 2.13. The smallest absolute Gasteiger partial charge is 0.314 e. The number of urea groups is 1. The van der Waals surface area contributed by atoms with Crippen LogP contribution in [0.4, 0.5) is 4.79 Å². The fraction of sp³-hybridized carbons (Fsp3) is 0.429. The average molecular weight is 299 g/mol. The van der Waals surface area contributed by atoms with Gasteiger partial charge in [-0.2, -0.15) is 0 Å². The molecule has 0 atom stereocenters. The molecule has 0 radical (unpaired) electrons. The molecule has 0 bridgehead atoms. The Kier molecular flexibility index (Phi) is 7.50. The van der Waals surface area contributed by atoms with Gasteiger partial charge < -0.3 is 15.4 Å². The summed E-state index contributed by atoms with van der Waals surface area (Å²) in [6.45, 7) is 2.83. The van der Waals surface area contributed by atoms with Crippen molar-refractivity contribution in [3.05, 3.63) is 34.9 Å². The molecule has 110 valence electrons. The number of hydrogen-bond donors (Lipinski definition) is 2. The molecule has 0 aliphatic carbocycles. The van der Waals surface area contributed by atoms with E-state index >= 15 is 0 Å². The number of halogens is 1. The highest BCUT2D eigenvalue weighted by molar-refractivity contribution is 6.31. The van der Waals surface area contributed by atoms with Gasteiger partial charge in [-0.05, 0) is 25.0 Å². The standard InChI is InChI=1S/C14H19ClN2O3/c1-2-20-13(18)8-10-17-14(19)16-9-7-11-5-3-4-6-12(11)15/h3-6H,2,7-10H2,1H3,(H2,16,17,19). The highest BCUT2D eigenvalue weighted by atomic mass is 35.5. The SMILES string of the molecule is CCOC(=O)CCNC(=O)NCCc1ccccc1Cl. The largest absolute Gasteiger partial charge is 0.466 e. The molecule has 1 rings (SSSR count). The molecule has 20 heavy (non-hydrogen) atoms. The zero-order chi connectivity index (χ0) is 14.8. The minimum absolute atomic E-state index is 0.172. The van der Waals surface area contributed by atoms with Gasteiger partial charge in [-0.15, -0.1) is 0 Å². The molecular weight excluding hydrogens is 280 g/mol. The van der Waals surface area contributed by atoms with Crippen LogP contribution in [0.5, 0.6) is 0 Å². The average Bonchev–Trinajstić information content (AvgIpc) is 2.41. The molecule has 0 saturated carbocycles. The summed E-state index contributed by atoms with van der Waals surface area (Å²) in [5.41, 5.74) is 0.987. The molecule has 0 aliphatic rings. The first kappa shape index (κ1) is 16.3. The van der Waals surface area contributed by atoms with E-state index in [0.29, 0.717) is 24.6 Å². The number of nitrogens with one attached hydrogen (secondary N) is 2. The van der Waals surface area contributed by atoms with E-state index in [1.54, 1.807) is 6.92 Å². The number of amides is 2. The van der Waals surface area contributed by atoms with Crippen molar-refractivity contribution in [2.45, 2.75) is 19.8 Å². The van der Waals surface area contributed by atoms with Crippen LogP contribution in [0.2, 0.25) is 5.02 Å². The van der Waals surface area contributed by atoms with Gasteiger partial charge in [0.05, 0.1) is 13.0 Å². The number of carbonyl (C=O) groups excluding carboxylic acids is 2. The lowest BCUT2D eigenvalue weighted by molar-refractivity contribution is -0.142. The first-order valence-electron chi connectivity index (χ1n) is 6.54. The molecule has 5 nitrogen and oxygen atoms in total. The van der Waals surface area contributed by atoms with Crippen molar-refractivity contribution in [3.8, 4) is 0 Å². The van der Waals surface area contributed by atoms with E-state index in [9.17, 15) is 9.59 Å². The highest BCUT2D eigenvalue weighted by Crippen LogP contribution is 2.14. The van der Waals surface area contributed by atoms with Crippen LogP contribution in [0.25, 0.3) is 0 Å². The minimum atomic E-state index is -0.316. The third-order valence-corrected chi connectivity index (χ3v) is 2.93. The van der Waals surface area contributed by atoms with Crippen molar-refractivity contribution in [2.75, 3.05) is 19.7 Å². The summed E-state index contributed by atoms with van der Waals surface area (Å²) >= 11 is 6.01. The molecule has 1 aromatic rings. The first-order valence-corrected chi connectivity index (χ1v) is 6.92. The number of hydrogen-bond acceptors (Lipinski definition) is 3. The molecule has 6 heteroatoms. The molecule has 2 amide bonds. The van der Waals surface area contributed by atoms with Gasteiger partial charge in [0.1, 0.15) is 0 Å². The zero-order valence-corrected chi connectivity index (χ0v) is 12.2. The van der Waals surface area contributed by atoms with Crippen LogP contribution in [0, 0.1) is 0 Å². The van der Waals surface area contributed by atoms with Crippen molar-refractivity contribution in [3.63, 3.8) is 0 Å².